The maximum absolute atomic E-state index is 13.7. The third-order valence-electron chi connectivity index (χ3n) is 4.48. The molecule has 1 heterocycles. The van der Waals surface area contributed by atoms with E-state index in [4.69, 9.17) is 9.47 Å². The predicted octanol–water partition coefficient (Wildman–Crippen LogP) is 2.60. The first-order valence-corrected chi connectivity index (χ1v) is 9.14. The zero-order valence-electron chi connectivity index (χ0n) is 15.6. The minimum absolute atomic E-state index is 0.280. The first-order chi connectivity index (χ1) is 12.6. The van der Waals surface area contributed by atoms with Gasteiger partial charge >= 0.3 is 0 Å². The van der Waals surface area contributed by atoms with Gasteiger partial charge in [0, 0.05) is 47.0 Å². The van der Waals surface area contributed by atoms with Gasteiger partial charge in [-0.1, -0.05) is 0 Å². The summed E-state index contributed by atoms with van der Waals surface area (Å²) in [5.74, 6) is -0.00683. The van der Waals surface area contributed by atoms with Crippen LogP contribution in [0.15, 0.2) is 23.2 Å². The molecule has 0 radical (unpaired) electrons. The molecule has 2 rings (SSSR count). The highest BCUT2D eigenvalue weighted by Crippen LogP contribution is 2.14. The van der Waals surface area contributed by atoms with Gasteiger partial charge in [-0.3, -0.25) is 4.99 Å². The summed E-state index contributed by atoms with van der Waals surface area (Å²) in [5.41, 5.74) is 0.371. The zero-order valence-corrected chi connectivity index (χ0v) is 15.6. The fourth-order valence-corrected chi connectivity index (χ4v) is 3.06. The van der Waals surface area contributed by atoms with Crippen LogP contribution in [0, 0.1) is 11.6 Å². The van der Waals surface area contributed by atoms with Crippen molar-refractivity contribution >= 4 is 5.96 Å². The summed E-state index contributed by atoms with van der Waals surface area (Å²) in [6, 6.07) is 3.54. The summed E-state index contributed by atoms with van der Waals surface area (Å²) in [4.78, 5) is 6.48. The number of rotatable bonds is 8. The SMILES string of the molecule is CN=C(NCCc1cc(F)ccc1F)N1CCC(OCCCOC)CC1. The number of nitrogens with one attached hydrogen (secondary N) is 1. The first-order valence-electron chi connectivity index (χ1n) is 9.14. The number of benzene rings is 1. The highest BCUT2D eigenvalue weighted by atomic mass is 19.1. The van der Waals surface area contributed by atoms with Crippen molar-refractivity contribution in [3.63, 3.8) is 0 Å². The van der Waals surface area contributed by atoms with Crippen LogP contribution in [0.4, 0.5) is 8.78 Å². The molecule has 0 spiro atoms. The molecular weight excluding hydrogens is 340 g/mol. The van der Waals surface area contributed by atoms with E-state index in [0.717, 1.165) is 63.7 Å². The number of nitrogens with zero attached hydrogens (tertiary/aromatic N) is 2. The Kier molecular flexibility index (Phi) is 8.77. The van der Waals surface area contributed by atoms with E-state index in [1.165, 1.54) is 6.07 Å². The van der Waals surface area contributed by atoms with E-state index in [1.807, 2.05) is 0 Å². The number of hydrogen-bond acceptors (Lipinski definition) is 3. The van der Waals surface area contributed by atoms with Gasteiger partial charge < -0.3 is 19.7 Å². The van der Waals surface area contributed by atoms with E-state index >= 15 is 0 Å². The molecule has 1 aromatic rings. The number of likely N-dealkylation sites (tertiary alicyclic amines) is 1. The van der Waals surface area contributed by atoms with Crippen molar-refractivity contribution in [3.8, 4) is 0 Å². The molecule has 0 aliphatic carbocycles. The lowest BCUT2D eigenvalue weighted by Crippen LogP contribution is -2.47. The van der Waals surface area contributed by atoms with Gasteiger partial charge in [-0.2, -0.15) is 0 Å². The average molecular weight is 369 g/mol. The smallest absolute Gasteiger partial charge is 0.193 e. The van der Waals surface area contributed by atoms with Gasteiger partial charge in [0.2, 0.25) is 0 Å². The largest absolute Gasteiger partial charge is 0.385 e. The van der Waals surface area contributed by atoms with Crippen molar-refractivity contribution in [1.82, 2.24) is 10.2 Å². The molecular formula is C19H29F2N3O2. The lowest BCUT2D eigenvalue weighted by Gasteiger charge is -2.34. The Morgan fingerprint density at radius 3 is 2.73 bits per heavy atom. The van der Waals surface area contributed by atoms with Gasteiger partial charge in [-0.25, -0.2) is 8.78 Å². The number of hydrogen-bond donors (Lipinski definition) is 1. The highest BCUT2D eigenvalue weighted by molar-refractivity contribution is 5.79. The Labute approximate surface area is 154 Å². The third kappa shape index (κ3) is 6.53. The summed E-state index contributed by atoms with van der Waals surface area (Å²) in [6.45, 7) is 3.68. The van der Waals surface area contributed by atoms with Gasteiger partial charge in [0.1, 0.15) is 11.6 Å². The van der Waals surface area contributed by atoms with Crippen LogP contribution in [0.3, 0.4) is 0 Å². The van der Waals surface area contributed by atoms with E-state index in [1.54, 1.807) is 14.2 Å². The van der Waals surface area contributed by atoms with E-state index in [2.05, 4.69) is 15.2 Å². The number of piperidine rings is 1. The quantitative estimate of drug-likeness (QED) is 0.435. The second-order valence-electron chi connectivity index (χ2n) is 6.36. The van der Waals surface area contributed by atoms with E-state index in [-0.39, 0.29) is 11.9 Å². The van der Waals surface area contributed by atoms with Crippen molar-refractivity contribution in [2.75, 3.05) is 47.0 Å². The zero-order chi connectivity index (χ0) is 18.8. The Morgan fingerprint density at radius 2 is 2.04 bits per heavy atom. The molecule has 1 fully saturated rings. The lowest BCUT2D eigenvalue weighted by molar-refractivity contribution is 0.00991. The van der Waals surface area contributed by atoms with Crippen LogP contribution in [0.25, 0.3) is 0 Å². The molecule has 0 saturated carbocycles. The molecule has 0 atom stereocenters. The van der Waals surface area contributed by atoms with Gasteiger partial charge in [-0.05, 0) is 49.4 Å². The number of methoxy groups -OCH3 is 1. The summed E-state index contributed by atoms with van der Waals surface area (Å²) in [5, 5.41) is 3.24. The van der Waals surface area contributed by atoms with Crippen LogP contribution in [0.1, 0.15) is 24.8 Å². The molecule has 0 bridgehead atoms. The molecule has 1 saturated heterocycles. The maximum Gasteiger partial charge on any atom is 0.193 e. The summed E-state index contributed by atoms with van der Waals surface area (Å²) < 4.78 is 37.8. The second-order valence-corrected chi connectivity index (χ2v) is 6.36. The molecule has 1 aliphatic heterocycles. The molecule has 1 aliphatic rings. The van der Waals surface area contributed by atoms with Gasteiger partial charge in [0.15, 0.2) is 5.96 Å². The molecule has 0 unspecified atom stereocenters. The minimum atomic E-state index is -0.418. The number of ether oxygens (including phenoxy) is 2. The third-order valence-corrected chi connectivity index (χ3v) is 4.48. The molecule has 7 heteroatoms. The average Bonchev–Trinajstić information content (AvgIpc) is 2.66. The molecule has 0 amide bonds. The van der Waals surface area contributed by atoms with Crippen molar-refractivity contribution < 1.29 is 18.3 Å². The predicted molar refractivity (Wildman–Crippen MR) is 98.5 cm³/mol. The van der Waals surface area contributed by atoms with Crippen LogP contribution >= 0.6 is 0 Å². The lowest BCUT2D eigenvalue weighted by atomic mass is 10.1. The Bertz CT molecular complexity index is 576. The fourth-order valence-electron chi connectivity index (χ4n) is 3.06. The van der Waals surface area contributed by atoms with E-state index < -0.39 is 5.82 Å². The Hall–Kier alpha value is -1.73. The normalized spacial score (nSPS) is 16.2. The van der Waals surface area contributed by atoms with Crippen molar-refractivity contribution in [1.29, 1.82) is 0 Å². The van der Waals surface area contributed by atoms with Crippen LogP contribution < -0.4 is 5.32 Å². The molecule has 5 nitrogen and oxygen atoms in total. The summed E-state index contributed by atoms with van der Waals surface area (Å²) in [7, 11) is 3.43. The molecule has 26 heavy (non-hydrogen) atoms. The monoisotopic (exact) mass is 369 g/mol. The minimum Gasteiger partial charge on any atom is -0.385 e. The van der Waals surface area contributed by atoms with Crippen LogP contribution in [0.2, 0.25) is 0 Å². The number of aliphatic imine (C=N–C) groups is 1. The molecule has 0 aromatic heterocycles. The van der Waals surface area contributed by atoms with Crippen LogP contribution in [-0.4, -0.2) is 64.0 Å². The van der Waals surface area contributed by atoms with Gasteiger partial charge in [-0.15, -0.1) is 0 Å². The van der Waals surface area contributed by atoms with Gasteiger partial charge in [0.25, 0.3) is 0 Å². The van der Waals surface area contributed by atoms with Crippen molar-refractivity contribution in [2.24, 2.45) is 4.99 Å². The maximum atomic E-state index is 13.7. The number of guanidine groups is 1. The molecule has 146 valence electrons. The standard InChI is InChI=1S/C19H29F2N3O2/c1-22-19(23-9-6-15-14-16(20)4-5-18(15)21)24-10-7-17(8-11-24)26-13-3-12-25-2/h4-5,14,17H,3,6-13H2,1-2H3,(H,22,23). The van der Waals surface area contributed by atoms with Crippen LogP contribution in [0.5, 0.6) is 0 Å². The Morgan fingerprint density at radius 1 is 1.27 bits per heavy atom. The topological polar surface area (TPSA) is 46.1 Å². The van der Waals surface area contributed by atoms with Crippen LogP contribution in [-0.2, 0) is 15.9 Å². The van der Waals surface area contributed by atoms with E-state index in [0.29, 0.717) is 18.5 Å². The number of halogens is 2. The Balaban J connectivity index is 1.71. The second kappa shape index (κ2) is 11.1. The molecule has 1 N–H and O–H groups in total. The summed E-state index contributed by atoms with van der Waals surface area (Å²) in [6.07, 6.45) is 3.50. The highest BCUT2D eigenvalue weighted by Gasteiger charge is 2.21. The fraction of sp³-hybridized carbons (Fsp3) is 0.632. The first kappa shape index (κ1) is 20.6. The van der Waals surface area contributed by atoms with Gasteiger partial charge in [0.05, 0.1) is 6.10 Å². The van der Waals surface area contributed by atoms with E-state index in [9.17, 15) is 8.78 Å². The van der Waals surface area contributed by atoms with Crippen molar-refractivity contribution in [2.45, 2.75) is 31.8 Å². The summed E-state index contributed by atoms with van der Waals surface area (Å²) >= 11 is 0. The van der Waals surface area contributed by atoms with Crippen molar-refractivity contribution in [3.05, 3.63) is 35.4 Å². The molecule has 1 aromatic carbocycles.